The van der Waals surface area contributed by atoms with Crippen molar-refractivity contribution in [3.05, 3.63) is 0 Å². The van der Waals surface area contributed by atoms with Gasteiger partial charge in [0.2, 0.25) is 5.91 Å². The summed E-state index contributed by atoms with van der Waals surface area (Å²) >= 11 is 1.74. The first kappa shape index (κ1) is 18.8. The van der Waals surface area contributed by atoms with E-state index < -0.39 is 14.6 Å². The third-order valence-electron chi connectivity index (χ3n) is 4.83. The minimum absolute atomic E-state index is 0.0126. The SMILES string of the molecule is CCC(CC)(CNC(=O)C1(S(C)(=O)=O)CCNCC1)SC. The first-order valence-electron chi connectivity index (χ1n) is 7.50. The lowest BCUT2D eigenvalue weighted by Gasteiger charge is -2.36. The molecule has 1 rings (SSSR count). The van der Waals surface area contributed by atoms with Gasteiger partial charge >= 0.3 is 0 Å². The van der Waals surface area contributed by atoms with Crippen molar-refractivity contribution in [2.24, 2.45) is 0 Å². The minimum atomic E-state index is -3.43. The van der Waals surface area contributed by atoms with E-state index >= 15 is 0 Å². The number of amides is 1. The highest BCUT2D eigenvalue weighted by Gasteiger charge is 2.48. The Balaban J connectivity index is 2.89. The molecule has 0 atom stereocenters. The molecule has 1 aliphatic heterocycles. The second-order valence-electron chi connectivity index (χ2n) is 5.79. The van der Waals surface area contributed by atoms with Crippen LogP contribution in [0.4, 0.5) is 0 Å². The zero-order chi connectivity index (χ0) is 16.1. The summed E-state index contributed by atoms with van der Waals surface area (Å²) in [6, 6.07) is 0. The highest BCUT2D eigenvalue weighted by Crippen LogP contribution is 2.31. The van der Waals surface area contributed by atoms with E-state index in [1.54, 1.807) is 11.8 Å². The van der Waals surface area contributed by atoms with Crippen molar-refractivity contribution in [2.75, 3.05) is 32.1 Å². The molecule has 1 fully saturated rings. The molecule has 21 heavy (non-hydrogen) atoms. The molecule has 0 aromatic rings. The van der Waals surface area contributed by atoms with Crippen LogP contribution >= 0.6 is 11.8 Å². The van der Waals surface area contributed by atoms with Crippen LogP contribution in [0.3, 0.4) is 0 Å². The van der Waals surface area contributed by atoms with Crippen molar-refractivity contribution >= 4 is 27.5 Å². The molecule has 0 radical (unpaired) electrons. The van der Waals surface area contributed by atoms with E-state index in [0.29, 0.717) is 32.5 Å². The third-order valence-corrected chi connectivity index (χ3v) is 8.43. The van der Waals surface area contributed by atoms with Crippen molar-refractivity contribution in [3.63, 3.8) is 0 Å². The molecule has 0 aliphatic carbocycles. The summed E-state index contributed by atoms with van der Waals surface area (Å²) in [5.41, 5.74) is 0. The molecular weight excluding hydrogens is 308 g/mol. The van der Waals surface area contributed by atoms with Gasteiger partial charge in [-0.2, -0.15) is 11.8 Å². The third kappa shape index (κ3) is 3.93. The zero-order valence-corrected chi connectivity index (χ0v) is 15.1. The Bertz CT molecular complexity index is 445. The molecule has 1 aliphatic rings. The lowest BCUT2D eigenvalue weighted by atomic mass is 9.95. The van der Waals surface area contributed by atoms with Crippen molar-refractivity contribution < 1.29 is 13.2 Å². The number of sulfone groups is 1. The van der Waals surface area contributed by atoms with Gasteiger partial charge in [0.25, 0.3) is 0 Å². The summed E-state index contributed by atoms with van der Waals surface area (Å²) in [7, 11) is -3.43. The van der Waals surface area contributed by atoms with Crippen molar-refractivity contribution in [3.8, 4) is 0 Å². The Morgan fingerprint density at radius 2 is 1.81 bits per heavy atom. The molecule has 0 aromatic carbocycles. The van der Waals surface area contributed by atoms with E-state index in [1.807, 2.05) is 6.26 Å². The van der Waals surface area contributed by atoms with Gasteiger partial charge in [-0.15, -0.1) is 0 Å². The van der Waals surface area contributed by atoms with Gasteiger partial charge < -0.3 is 10.6 Å². The van der Waals surface area contributed by atoms with E-state index in [-0.39, 0.29) is 10.7 Å². The number of piperidine rings is 1. The number of rotatable bonds is 7. The maximum atomic E-state index is 12.6. The monoisotopic (exact) mass is 336 g/mol. The number of carbonyl (C=O) groups excluding carboxylic acids is 1. The number of nitrogens with one attached hydrogen (secondary N) is 2. The van der Waals surface area contributed by atoms with Crippen LogP contribution in [0.5, 0.6) is 0 Å². The molecule has 0 aromatic heterocycles. The van der Waals surface area contributed by atoms with Gasteiger partial charge in [-0.3, -0.25) is 4.79 Å². The van der Waals surface area contributed by atoms with E-state index in [2.05, 4.69) is 24.5 Å². The summed E-state index contributed by atoms with van der Waals surface area (Å²) < 4.78 is 23.1. The molecule has 2 N–H and O–H groups in total. The first-order chi connectivity index (χ1) is 9.77. The molecule has 1 saturated heterocycles. The predicted octanol–water partition coefficient (Wildman–Crippen LogP) is 1.19. The molecular formula is C14H28N2O3S2. The van der Waals surface area contributed by atoms with Crippen LogP contribution < -0.4 is 10.6 Å². The Hall–Kier alpha value is -0.270. The van der Waals surface area contributed by atoms with Gasteiger partial charge in [0.05, 0.1) is 0 Å². The van der Waals surface area contributed by atoms with Crippen LogP contribution in [-0.4, -0.2) is 56.0 Å². The van der Waals surface area contributed by atoms with Crippen LogP contribution in [0.1, 0.15) is 39.5 Å². The highest BCUT2D eigenvalue weighted by atomic mass is 32.2. The van der Waals surface area contributed by atoms with Crippen LogP contribution in [0.2, 0.25) is 0 Å². The fourth-order valence-electron chi connectivity index (χ4n) is 2.86. The first-order valence-corrected chi connectivity index (χ1v) is 10.6. The van der Waals surface area contributed by atoms with E-state index in [9.17, 15) is 13.2 Å². The van der Waals surface area contributed by atoms with Crippen molar-refractivity contribution in [1.82, 2.24) is 10.6 Å². The highest BCUT2D eigenvalue weighted by molar-refractivity contribution is 8.00. The fraction of sp³-hybridized carbons (Fsp3) is 0.929. The van der Waals surface area contributed by atoms with Crippen LogP contribution in [0.15, 0.2) is 0 Å². The summed E-state index contributed by atoms with van der Waals surface area (Å²) in [5, 5.41) is 6.05. The molecule has 5 nitrogen and oxygen atoms in total. The summed E-state index contributed by atoms with van der Waals surface area (Å²) in [4.78, 5) is 12.6. The Morgan fingerprint density at radius 3 is 2.19 bits per heavy atom. The van der Waals surface area contributed by atoms with Gasteiger partial charge in [-0.1, -0.05) is 13.8 Å². The fourth-order valence-corrected chi connectivity index (χ4v) is 5.01. The lowest BCUT2D eigenvalue weighted by molar-refractivity contribution is -0.124. The molecule has 1 amide bonds. The quantitative estimate of drug-likeness (QED) is 0.730. The van der Waals surface area contributed by atoms with Gasteiger partial charge in [0, 0.05) is 17.5 Å². The number of hydrogen-bond donors (Lipinski definition) is 2. The standard InChI is InChI=1S/C14H28N2O3S2/c1-5-13(6-2,20-3)11-16-12(17)14(21(4,18)19)7-9-15-10-8-14/h15H,5-11H2,1-4H3,(H,16,17). The Labute approximate surface area is 132 Å². The number of hydrogen-bond acceptors (Lipinski definition) is 5. The molecule has 0 unspecified atom stereocenters. The molecule has 0 bridgehead atoms. The average Bonchev–Trinajstić information content (AvgIpc) is 2.48. The molecule has 0 saturated carbocycles. The molecule has 7 heteroatoms. The zero-order valence-electron chi connectivity index (χ0n) is 13.5. The molecule has 1 heterocycles. The Kier molecular flexibility index (Phi) is 6.55. The predicted molar refractivity (Wildman–Crippen MR) is 89.5 cm³/mol. The van der Waals surface area contributed by atoms with Crippen molar-refractivity contribution in [1.29, 1.82) is 0 Å². The van der Waals surface area contributed by atoms with Gasteiger partial charge in [0.1, 0.15) is 0 Å². The number of carbonyl (C=O) groups is 1. The Morgan fingerprint density at radius 1 is 1.29 bits per heavy atom. The second-order valence-corrected chi connectivity index (χ2v) is 9.39. The van der Waals surface area contributed by atoms with Crippen LogP contribution in [0.25, 0.3) is 0 Å². The lowest BCUT2D eigenvalue weighted by Crippen LogP contribution is -2.58. The largest absolute Gasteiger partial charge is 0.353 e. The van der Waals surface area contributed by atoms with E-state index in [0.717, 1.165) is 12.8 Å². The smallest absolute Gasteiger partial charge is 0.241 e. The average molecular weight is 337 g/mol. The van der Waals surface area contributed by atoms with E-state index in [4.69, 9.17) is 0 Å². The normalized spacial score (nSPS) is 19.2. The van der Waals surface area contributed by atoms with Crippen LogP contribution in [-0.2, 0) is 14.6 Å². The van der Waals surface area contributed by atoms with Crippen LogP contribution in [0, 0.1) is 0 Å². The maximum Gasteiger partial charge on any atom is 0.241 e. The van der Waals surface area contributed by atoms with Gasteiger partial charge in [0.15, 0.2) is 14.6 Å². The molecule has 0 spiro atoms. The summed E-state index contributed by atoms with van der Waals surface area (Å²) in [5.74, 6) is -0.327. The molecule has 124 valence electrons. The van der Waals surface area contributed by atoms with E-state index in [1.165, 1.54) is 6.26 Å². The second kappa shape index (κ2) is 7.33. The summed E-state index contributed by atoms with van der Waals surface area (Å²) in [6.07, 6.45) is 5.80. The van der Waals surface area contributed by atoms with Crippen molar-refractivity contribution in [2.45, 2.75) is 49.0 Å². The maximum absolute atomic E-state index is 12.6. The van der Waals surface area contributed by atoms with Gasteiger partial charge in [-0.05, 0) is 45.0 Å². The van der Waals surface area contributed by atoms with Gasteiger partial charge in [-0.25, -0.2) is 8.42 Å². The summed E-state index contributed by atoms with van der Waals surface area (Å²) in [6.45, 7) is 5.85. The topological polar surface area (TPSA) is 75.3 Å². The minimum Gasteiger partial charge on any atom is -0.353 e. The number of thioether (sulfide) groups is 1.